The third kappa shape index (κ3) is 88.5. The molecule has 0 spiro atoms. The Morgan fingerprint density at radius 3 is 0.500 bits per heavy atom. The second-order valence-corrected chi connectivity index (χ2v) is 0. The van der Waals surface area contributed by atoms with E-state index in [1.165, 1.54) is 0 Å². The van der Waals surface area contributed by atoms with Gasteiger partial charge in [-0.15, -0.1) is 0 Å². The number of halogens is 6. The molecule has 0 aliphatic carbocycles. The topological polar surface area (TPSA) is 0 Å². The number of hydrogen-bond donors (Lipinski definition) is 0. The van der Waals surface area contributed by atoms with Crippen molar-refractivity contribution in [1.82, 2.24) is 0 Å². The summed E-state index contributed by atoms with van der Waals surface area (Å²) in [6.45, 7) is 0. The monoisotopic (exact) mass is 242 g/mol. The van der Waals surface area contributed by atoms with E-state index in [9.17, 15) is 0 Å². The van der Waals surface area contributed by atoms with Gasteiger partial charge in [0.05, 0.1) is 0 Å². The Kier molecular flexibility index (Phi) is 1630. The van der Waals surface area contributed by atoms with Gasteiger partial charge in [0.25, 0.3) is 0 Å². The Labute approximate surface area is 160 Å². The van der Waals surface area contributed by atoms with E-state index in [2.05, 4.69) is 0 Å². The van der Waals surface area contributed by atoms with Crippen molar-refractivity contribution in [2.45, 2.75) is 0 Å². The number of hydrogen-bond acceptors (Lipinski definition) is 0. The minimum atomic E-state index is 0. The molecule has 0 aliphatic rings. The van der Waals surface area contributed by atoms with Crippen LogP contribution in [0.2, 0.25) is 0 Å². The normalized spacial score (nSPS) is 0. The van der Waals surface area contributed by atoms with Gasteiger partial charge in [-0.1, -0.05) is 0 Å². The summed E-state index contributed by atoms with van der Waals surface area (Å²) in [5.74, 6) is 0. The van der Waals surface area contributed by atoms with Crippen molar-refractivity contribution in [3.05, 3.63) is 0 Å². The van der Waals surface area contributed by atoms with E-state index in [0.29, 0.717) is 0 Å². The fourth-order valence-corrected chi connectivity index (χ4v) is 0. The average molecular weight is 243 g/mol. The van der Waals surface area contributed by atoms with Crippen molar-refractivity contribution >= 4 is 17.4 Å². The molecule has 0 unspecified atom stereocenters. The van der Waals surface area contributed by atoms with Crippen LogP contribution in [0.15, 0.2) is 0 Å². The minimum absolute atomic E-state index is 0. The van der Waals surface area contributed by atoms with Crippen molar-refractivity contribution in [2.75, 3.05) is 0 Å². The van der Waals surface area contributed by atoms with Crippen LogP contribution in [0.4, 0.5) is 0 Å². The molecule has 0 amide bonds. The van der Waals surface area contributed by atoms with Crippen LogP contribution >= 0.6 is 0 Å². The van der Waals surface area contributed by atoms with E-state index in [1.54, 1.807) is 0 Å². The predicted octanol–water partition coefficient (Wildman–Crippen LogP) is -27.3. The summed E-state index contributed by atoms with van der Waals surface area (Å²) in [7, 11) is 0. The average Bonchev–Trinajstić information content (AvgIpc) is 0. The molecule has 0 saturated heterocycles. The molecule has 48 valence electrons. The van der Waals surface area contributed by atoms with Crippen molar-refractivity contribution < 1.29 is 146 Å². The van der Waals surface area contributed by atoms with Gasteiger partial charge in [-0.2, -0.15) is 0 Å². The summed E-state index contributed by atoms with van der Waals surface area (Å²) in [6, 6.07) is 0. The molecular weight excluding hydrogens is 243 g/mol. The fourth-order valence-electron chi connectivity index (χ4n) is 0. The van der Waals surface area contributed by atoms with Gasteiger partial charge in [-0.3, -0.25) is 0 Å². The zero-order valence-corrected chi connectivity index (χ0v) is 14.9. The van der Waals surface area contributed by atoms with Crippen LogP contribution in [0.1, 0.15) is 0 Å². The summed E-state index contributed by atoms with van der Waals surface area (Å²) in [5.41, 5.74) is 0. The Balaban J connectivity index is 0. The molecule has 0 saturated carbocycles. The molecule has 0 N–H and O–H groups in total. The molecule has 10 heteroatoms. The van der Waals surface area contributed by atoms with Gasteiger partial charge in [0.15, 0.2) is 0 Å². The van der Waals surface area contributed by atoms with Crippen LogP contribution in [-0.2, 0) is 0 Å². The Morgan fingerprint density at radius 1 is 0.500 bits per heavy atom. The fraction of sp³-hybridized carbons (Fsp3) is 0. The summed E-state index contributed by atoms with van der Waals surface area (Å²) in [5, 5.41) is 0. The molecule has 0 aromatic rings. The summed E-state index contributed by atoms with van der Waals surface area (Å²) >= 11 is 0. The number of rotatable bonds is 0. The standard InChI is InChI=1S/Al.ClH.5FH.K.2Na/h;6*1H;;;/q+3;;;;;;;3*+1/p-6. The zero-order valence-electron chi connectivity index (χ0n) is 5.85. The van der Waals surface area contributed by atoms with Crippen LogP contribution < -0.4 is 146 Å². The van der Waals surface area contributed by atoms with E-state index in [0.717, 1.165) is 0 Å². The molecule has 0 atom stereocenters. The van der Waals surface area contributed by atoms with Gasteiger partial charge in [-0.05, 0) is 0 Å². The maximum atomic E-state index is 0. The van der Waals surface area contributed by atoms with Gasteiger partial charge in [0.1, 0.15) is 0 Å². The SMILES string of the molecule is [Al+3].[Cl-].[F-].[F-].[F-].[F-].[F-].[K+].[Na+].[Na+]. The molecule has 0 aromatic carbocycles. The Bertz CT molecular complexity index is 19.6. The smallest absolute Gasteiger partial charge is 1.00 e. The van der Waals surface area contributed by atoms with Crippen molar-refractivity contribution in [3.8, 4) is 0 Å². The van der Waals surface area contributed by atoms with E-state index in [-0.39, 0.29) is 164 Å². The Morgan fingerprint density at radius 2 is 0.500 bits per heavy atom. The third-order valence-corrected chi connectivity index (χ3v) is 0. The van der Waals surface area contributed by atoms with Crippen LogP contribution in [0, 0.1) is 0 Å². The first-order valence-corrected chi connectivity index (χ1v) is 0. The molecular formula is AlClF5KNa2. The molecule has 0 rings (SSSR count). The largest absolute Gasteiger partial charge is 3.00 e. The first kappa shape index (κ1) is 144. The van der Waals surface area contributed by atoms with E-state index in [4.69, 9.17) is 0 Å². The second-order valence-electron chi connectivity index (χ2n) is 0. The summed E-state index contributed by atoms with van der Waals surface area (Å²) in [6.07, 6.45) is 0. The van der Waals surface area contributed by atoms with Gasteiger partial charge in [0, 0.05) is 0 Å². The summed E-state index contributed by atoms with van der Waals surface area (Å²) in [4.78, 5) is 0. The van der Waals surface area contributed by atoms with Crippen LogP contribution in [-0.4, -0.2) is 17.4 Å². The zero-order chi connectivity index (χ0) is 0. The quantitative estimate of drug-likeness (QED) is 0.292. The van der Waals surface area contributed by atoms with Crippen LogP contribution in [0.25, 0.3) is 0 Å². The maximum Gasteiger partial charge on any atom is 3.00 e. The second kappa shape index (κ2) is 114. The van der Waals surface area contributed by atoms with Crippen LogP contribution in [0.5, 0.6) is 0 Å². The van der Waals surface area contributed by atoms with E-state index >= 15 is 0 Å². The minimum Gasteiger partial charge on any atom is -1.00 e. The first-order chi connectivity index (χ1) is 0. The molecule has 0 aliphatic heterocycles. The van der Waals surface area contributed by atoms with Crippen LogP contribution in [0.3, 0.4) is 0 Å². The third-order valence-electron chi connectivity index (χ3n) is 0. The molecule has 0 bridgehead atoms. The summed E-state index contributed by atoms with van der Waals surface area (Å²) < 4.78 is 0. The van der Waals surface area contributed by atoms with Crippen molar-refractivity contribution in [1.29, 1.82) is 0 Å². The van der Waals surface area contributed by atoms with Gasteiger partial charge in [0.2, 0.25) is 0 Å². The van der Waals surface area contributed by atoms with Crippen molar-refractivity contribution in [2.24, 2.45) is 0 Å². The molecule has 0 heterocycles. The maximum absolute atomic E-state index is 0. The van der Waals surface area contributed by atoms with Gasteiger partial charge >= 0.3 is 128 Å². The predicted molar refractivity (Wildman–Crippen MR) is 5.75 cm³/mol. The molecule has 0 aromatic heterocycles. The molecule has 10 heavy (non-hydrogen) atoms. The van der Waals surface area contributed by atoms with Gasteiger partial charge < -0.3 is 35.9 Å². The molecule has 0 nitrogen and oxygen atoms in total. The van der Waals surface area contributed by atoms with Crippen molar-refractivity contribution in [3.63, 3.8) is 0 Å². The van der Waals surface area contributed by atoms with Gasteiger partial charge in [-0.25, -0.2) is 0 Å². The van der Waals surface area contributed by atoms with E-state index in [1.807, 2.05) is 0 Å². The molecule has 0 radical (unpaired) electrons. The molecule has 0 fully saturated rings. The first-order valence-electron chi connectivity index (χ1n) is 0. The van der Waals surface area contributed by atoms with E-state index < -0.39 is 0 Å². The Hall–Kier alpha value is 4.11.